The van der Waals surface area contributed by atoms with Gasteiger partial charge in [-0.05, 0) is 50.6 Å². The van der Waals surface area contributed by atoms with E-state index in [-0.39, 0.29) is 5.91 Å². The molecule has 0 radical (unpaired) electrons. The molecule has 2 rings (SSSR count). The van der Waals surface area contributed by atoms with Gasteiger partial charge in [-0.3, -0.25) is 4.79 Å². The zero-order valence-electron chi connectivity index (χ0n) is 13.7. The standard InChI is InChI=1S/C19H23FN2O/c1-3-22(18-10-8-15(2)9-11-18)13-5-12-21-19(23)16-6-4-7-17(20)14-16/h4,6-11,14H,3,5,12-13H2,1-2H3,(H,21,23). The predicted molar refractivity (Wildman–Crippen MR) is 92.4 cm³/mol. The van der Waals surface area contributed by atoms with E-state index in [9.17, 15) is 9.18 Å². The van der Waals surface area contributed by atoms with Crippen molar-refractivity contribution in [3.8, 4) is 0 Å². The number of hydrogen-bond donors (Lipinski definition) is 1. The topological polar surface area (TPSA) is 32.3 Å². The summed E-state index contributed by atoms with van der Waals surface area (Å²) in [6, 6.07) is 14.2. The first kappa shape index (κ1) is 17.0. The lowest BCUT2D eigenvalue weighted by molar-refractivity contribution is 0.0953. The zero-order valence-corrected chi connectivity index (χ0v) is 13.7. The van der Waals surface area contributed by atoms with Crippen LogP contribution in [0.2, 0.25) is 0 Å². The maximum atomic E-state index is 13.1. The molecule has 0 saturated carbocycles. The molecule has 2 aromatic rings. The summed E-state index contributed by atoms with van der Waals surface area (Å²) in [6.45, 7) is 6.54. The third-order valence-corrected chi connectivity index (χ3v) is 3.76. The van der Waals surface area contributed by atoms with Crippen molar-refractivity contribution in [3.05, 3.63) is 65.5 Å². The lowest BCUT2D eigenvalue weighted by atomic mass is 10.2. The number of aryl methyl sites for hydroxylation is 1. The Bertz CT molecular complexity index is 640. The number of carbonyl (C=O) groups is 1. The Hall–Kier alpha value is -2.36. The Labute approximate surface area is 137 Å². The molecular formula is C19H23FN2O. The maximum Gasteiger partial charge on any atom is 0.251 e. The van der Waals surface area contributed by atoms with Crippen molar-refractivity contribution in [3.63, 3.8) is 0 Å². The van der Waals surface area contributed by atoms with Crippen LogP contribution in [0.5, 0.6) is 0 Å². The van der Waals surface area contributed by atoms with E-state index >= 15 is 0 Å². The van der Waals surface area contributed by atoms with Crippen LogP contribution in [0.3, 0.4) is 0 Å². The summed E-state index contributed by atoms with van der Waals surface area (Å²) >= 11 is 0. The van der Waals surface area contributed by atoms with E-state index in [2.05, 4.69) is 48.3 Å². The predicted octanol–water partition coefficient (Wildman–Crippen LogP) is 3.78. The van der Waals surface area contributed by atoms with Crippen molar-refractivity contribution in [2.75, 3.05) is 24.5 Å². The molecule has 23 heavy (non-hydrogen) atoms. The van der Waals surface area contributed by atoms with Crippen LogP contribution in [0.15, 0.2) is 48.5 Å². The van der Waals surface area contributed by atoms with E-state index in [1.807, 2.05) is 0 Å². The molecule has 0 aliphatic carbocycles. The number of nitrogens with zero attached hydrogens (tertiary/aromatic N) is 1. The number of nitrogens with one attached hydrogen (secondary N) is 1. The SMILES string of the molecule is CCN(CCCNC(=O)c1cccc(F)c1)c1ccc(C)cc1. The van der Waals surface area contributed by atoms with E-state index < -0.39 is 5.82 Å². The summed E-state index contributed by atoms with van der Waals surface area (Å²) in [4.78, 5) is 14.2. The Morgan fingerprint density at radius 2 is 1.91 bits per heavy atom. The number of anilines is 1. The van der Waals surface area contributed by atoms with Gasteiger partial charge in [0.2, 0.25) is 0 Å². The number of carbonyl (C=O) groups excluding carboxylic acids is 1. The molecule has 0 atom stereocenters. The summed E-state index contributed by atoms with van der Waals surface area (Å²) in [5.41, 5.74) is 2.79. The molecule has 0 aromatic heterocycles. The minimum atomic E-state index is -0.394. The average Bonchev–Trinajstić information content (AvgIpc) is 2.56. The van der Waals surface area contributed by atoms with E-state index in [1.165, 1.54) is 23.4 Å². The second-order valence-electron chi connectivity index (χ2n) is 5.54. The first-order chi connectivity index (χ1) is 11.1. The van der Waals surface area contributed by atoms with Gasteiger partial charge >= 0.3 is 0 Å². The van der Waals surface area contributed by atoms with Crippen LogP contribution >= 0.6 is 0 Å². The lowest BCUT2D eigenvalue weighted by Crippen LogP contribution is -2.30. The largest absolute Gasteiger partial charge is 0.372 e. The van der Waals surface area contributed by atoms with E-state index in [0.29, 0.717) is 12.1 Å². The fourth-order valence-corrected chi connectivity index (χ4v) is 2.43. The molecule has 0 heterocycles. The number of halogens is 1. The fraction of sp³-hybridized carbons (Fsp3) is 0.316. The molecular weight excluding hydrogens is 291 g/mol. The summed E-state index contributed by atoms with van der Waals surface area (Å²) in [6.07, 6.45) is 0.836. The molecule has 0 saturated heterocycles. The van der Waals surface area contributed by atoms with Crippen molar-refractivity contribution in [2.24, 2.45) is 0 Å². The van der Waals surface area contributed by atoms with Gasteiger partial charge in [0, 0.05) is 30.9 Å². The van der Waals surface area contributed by atoms with Gasteiger partial charge in [-0.25, -0.2) is 4.39 Å². The minimum absolute atomic E-state index is 0.233. The van der Waals surface area contributed by atoms with E-state index in [0.717, 1.165) is 19.5 Å². The number of amides is 1. The molecule has 0 aliphatic heterocycles. The van der Waals surface area contributed by atoms with Gasteiger partial charge in [0.15, 0.2) is 0 Å². The van der Waals surface area contributed by atoms with Gasteiger partial charge in [-0.15, -0.1) is 0 Å². The molecule has 2 aromatic carbocycles. The summed E-state index contributed by atoms with van der Waals surface area (Å²) in [7, 11) is 0. The molecule has 0 aliphatic rings. The number of benzene rings is 2. The molecule has 0 fully saturated rings. The van der Waals surface area contributed by atoms with Gasteiger partial charge in [-0.1, -0.05) is 23.8 Å². The molecule has 1 amide bonds. The molecule has 122 valence electrons. The third-order valence-electron chi connectivity index (χ3n) is 3.76. The normalized spacial score (nSPS) is 10.4. The van der Waals surface area contributed by atoms with Gasteiger partial charge in [-0.2, -0.15) is 0 Å². The minimum Gasteiger partial charge on any atom is -0.372 e. The van der Waals surface area contributed by atoms with E-state index in [1.54, 1.807) is 12.1 Å². The fourth-order valence-electron chi connectivity index (χ4n) is 2.43. The quantitative estimate of drug-likeness (QED) is 0.789. The van der Waals surface area contributed by atoms with Crippen molar-refractivity contribution in [2.45, 2.75) is 20.3 Å². The summed E-state index contributed by atoms with van der Waals surface area (Å²) in [5.74, 6) is -0.628. The second kappa shape index (κ2) is 8.32. The monoisotopic (exact) mass is 314 g/mol. The van der Waals surface area contributed by atoms with Crippen LogP contribution in [-0.4, -0.2) is 25.5 Å². The first-order valence-electron chi connectivity index (χ1n) is 7.95. The molecule has 0 unspecified atom stereocenters. The summed E-state index contributed by atoms with van der Waals surface area (Å²) < 4.78 is 13.1. The highest BCUT2D eigenvalue weighted by molar-refractivity contribution is 5.94. The van der Waals surface area contributed by atoms with Gasteiger partial charge in [0.05, 0.1) is 0 Å². The summed E-state index contributed by atoms with van der Waals surface area (Å²) in [5, 5.41) is 2.83. The van der Waals surface area contributed by atoms with Crippen molar-refractivity contribution < 1.29 is 9.18 Å². The Morgan fingerprint density at radius 1 is 1.17 bits per heavy atom. The van der Waals surface area contributed by atoms with Crippen LogP contribution in [0.1, 0.15) is 29.3 Å². The zero-order chi connectivity index (χ0) is 16.7. The molecule has 1 N–H and O–H groups in total. The highest BCUT2D eigenvalue weighted by Crippen LogP contribution is 2.14. The van der Waals surface area contributed by atoms with Gasteiger partial charge in [0.1, 0.15) is 5.82 Å². The highest BCUT2D eigenvalue weighted by Gasteiger charge is 2.07. The Morgan fingerprint density at radius 3 is 2.57 bits per heavy atom. The Balaban J connectivity index is 1.79. The molecule has 3 nitrogen and oxygen atoms in total. The lowest BCUT2D eigenvalue weighted by Gasteiger charge is -2.23. The number of hydrogen-bond acceptors (Lipinski definition) is 2. The van der Waals surface area contributed by atoms with Gasteiger partial charge in [0.25, 0.3) is 5.91 Å². The molecule has 4 heteroatoms. The third kappa shape index (κ3) is 5.09. The van der Waals surface area contributed by atoms with Crippen LogP contribution in [0.25, 0.3) is 0 Å². The average molecular weight is 314 g/mol. The van der Waals surface area contributed by atoms with E-state index in [4.69, 9.17) is 0 Å². The number of rotatable bonds is 7. The smallest absolute Gasteiger partial charge is 0.251 e. The van der Waals surface area contributed by atoms with Gasteiger partial charge < -0.3 is 10.2 Å². The molecule has 0 spiro atoms. The maximum absolute atomic E-state index is 13.1. The van der Waals surface area contributed by atoms with Crippen LogP contribution in [0, 0.1) is 12.7 Å². The first-order valence-corrected chi connectivity index (χ1v) is 7.95. The molecule has 0 bridgehead atoms. The van der Waals surface area contributed by atoms with Crippen LogP contribution in [0.4, 0.5) is 10.1 Å². The van der Waals surface area contributed by atoms with Crippen molar-refractivity contribution >= 4 is 11.6 Å². The highest BCUT2D eigenvalue weighted by atomic mass is 19.1. The van der Waals surface area contributed by atoms with Crippen molar-refractivity contribution in [1.29, 1.82) is 0 Å². The van der Waals surface area contributed by atoms with Crippen molar-refractivity contribution in [1.82, 2.24) is 5.32 Å². The Kier molecular flexibility index (Phi) is 6.15. The van der Waals surface area contributed by atoms with Crippen LogP contribution in [-0.2, 0) is 0 Å². The van der Waals surface area contributed by atoms with Crippen LogP contribution < -0.4 is 10.2 Å². The second-order valence-corrected chi connectivity index (χ2v) is 5.54.